The predicted molar refractivity (Wildman–Crippen MR) is 38.4 cm³/mol. The lowest BCUT2D eigenvalue weighted by Gasteiger charge is -1.86. The molecule has 0 aromatic carbocycles. The molecule has 0 fully saturated rings. The van der Waals surface area contributed by atoms with Crippen LogP contribution in [0.1, 0.15) is 13.8 Å². The highest BCUT2D eigenvalue weighted by atomic mass is 16.5. The van der Waals surface area contributed by atoms with Crippen LogP contribution in [0.2, 0.25) is 0 Å². The number of hydrogen-bond acceptors (Lipinski definition) is 4. The first kappa shape index (κ1) is 12.3. The van der Waals surface area contributed by atoms with Crippen LogP contribution < -0.4 is 0 Å². The van der Waals surface area contributed by atoms with Crippen molar-refractivity contribution in [1.29, 1.82) is 10.5 Å². The minimum Gasteiger partial charge on any atom is -0.382 e. The summed E-state index contributed by atoms with van der Waals surface area (Å²) in [6, 6.07) is 2.23. The Morgan fingerprint density at radius 2 is 1.64 bits per heavy atom. The van der Waals surface area contributed by atoms with E-state index < -0.39 is 5.78 Å². The summed E-state index contributed by atoms with van der Waals surface area (Å²) in [5.74, 6) is -1.05. The van der Waals surface area contributed by atoms with Crippen LogP contribution >= 0.6 is 0 Å². The van der Waals surface area contributed by atoms with Crippen LogP contribution in [-0.2, 0) is 9.53 Å². The summed E-state index contributed by atoms with van der Waals surface area (Å²) in [5, 5.41) is 15.0. The fourth-order valence-corrected chi connectivity index (χ4v) is 0.229. The van der Waals surface area contributed by atoms with Crippen molar-refractivity contribution in [3.8, 4) is 12.1 Å². The van der Waals surface area contributed by atoms with Gasteiger partial charge < -0.3 is 4.74 Å². The molecule has 0 saturated heterocycles. The van der Waals surface area contributed by atoms with Crippen molar-refractivity contribution in [1.82, 2.24) is 0 Å². The van der Waals surface area contributed by atoms with E-state index in [1.807, 2.05) is 13.8 Å². The van der Waals surface area contributed by atoms with Crippen molar-refractivity contribution in [2.75, 3.05) is 13.2 Å². The van der Waals surface area contributed by atoms with E-state index in [9.17, 15) is 4.79 Å². The van der Waals surface area contributed by atoms with Crippen LogP contribution in [0.3, 0.4) is 0 Å². The Balaban J connectivity index is 0. The standard InChI is InChI=1S/C4H10O.C3N2O/c1-3-5-4-2;4-1-3(6)2-5/h3-4H2,1-2H3;. The largest absolute Gasteiger partial charge is 0.382 e. The molecule has 0 aliphatic heterocycles. The number of nitriles is 2. The maximum absolute atomic E-state index is 9.46. The maximum Gasteiger partial charge on any atom is 0.331 e. The summed E-state index contributed by atoms with van der Waals surface area (Å²) < 4.78 is 4.83. The molecule has 0 spiro atoms. The zero-order valence-corrected chi connectivity index (χ0v) is 6.63. The van der Waals surface area contributed by atoms with Crippen molar-refractivity contribution in [3.63, 3.8) is 0 Å². The molecule has 0 saturated carbocycles. The predicted octanol–water partition coefficient (Wildman–Crippen LogP) is 0.645. The second-order valence-electron chi connectivity index (χ2n) is 1.33. The lowest BCUT2D eigenvalue weighted by atomic mass is 10.5. The molecule has 0 N–H and O–H groups in total. The van der Waals surface area contributed by atoms with Gasteiger partial charge in [0.1, 0.15) is 0 Å². The molecule has 4 heteroatoms. The van der Waals surface area contributed by atoms with E-state index >= 15 is 0 Å². The smallest absolute Gasteiger partial charge is 0.331 e. The Morgan fingerprint density at radius 3 is 1.64 bits per heavy atom. The fraction of sp³-hybridized carbons (Fsp3) is 0.571. The van der Waals surface area contributed by atoms with Crippen LogP contribution in [0.25, 0.3) is 0 Å². The number of Topliss-reactive ketones (excluding diaryl/α,β-unsaturated/α-hetero) is 1. The molecule has 0 aromatic heterocycles. The van der Waals surface area contributed by atoms with Gasteiger partial charge in [0.25, 0.3) is 0 Å². The first-order valence-corrected chi connectivity index (χ1v) is 3.14. The van der Waals surface area contributed by atoms with Crippen LogP contribution in [0.4, 0.5) is 0 Å². The summed E-state index contributed by atoms with van der Waals surface area (Å²) in [6.07, 6.45) is 0. The third kappa shape index (κ3) is 17.7. The highest BCUT2D eigenvalue weighted by Crippen LogP contribution is 1.64. The molecule has 0 rings (SSSR count). The van der Waals surface area contributed by atoms with Crippen LogP contribution in [0.15, 0.2) is 0 Å². The fourth-order valence-electron chi connectivity index (χ4n) is 0.229. The van der Waals surface area contributed by atoms with E-state index in [0.717, 1.165) is 25.4 Å². The molecule has 0 aromatic rings. The second kappa shape index (κ2) is 11.4. The van der Waals surface area contributed by atoms with Gasteiger partial charge in [0, 0.05) is 13.2 Å². The Morgan fingerprint density at radius 1 is 1.27 bits per heavy atom. The van der Waals surface area contributed by atoms with Gasteiger partial charge in [0.05, 0.1) is 0 Å². The SMILES string of the molecule is CCOCC.N#CC(=O)C#N. The normalized spacial score (nSPS) is 6.55. The molecule has 0 radical (unpaired) electrons. The molecule has 60 valence electrons. The lowest BCUT2D eigenvalue weighted by Crippen LogP contribution is -1.84. The molecule has 0 unspecified atom stereocenters. The van der Waals surface area contributed by atoms with Crippen LogP contribution in [0, 0.1) is 22.7 Å². The van der Waals surface area contributed by atoms with Crippen molar-refractivity contribution >= 4 is 5.78 Å². The molecule has 0 bridgehead atoms. The molecule has 11 heavy (non-hydrogen) atoms. The number of hydrogen-bond donors (Lipinski definition) is 0. The van der Waals surface area contributed by atoms with E-state index in [0.29, 0.717) is 0 Å². The van der Waals surface area contributed by atoms with Gasteiger partial charge in [0.2, 0.25) is 0 Å². The summed E-state index contributed by atoms with van der Waals surface area (Å²) in [6.45, 7) is 5.67. The molecule has 0 aliphatic rings. The Bertz CT molecular complexity index is 158. The van der Waals surface area contributed by atoms with Crippen LogP contribution in [0.5, 0.6) is 0 Å². The quantitative estimate of drug-likeness (QED) is 0.547. The number of carbonyl (C=O) groups is 1. The van der Waals surface area contributed by atoms with E-state index in [1.54, 1.807) is 0 Å². The maximum atomic E-state index is 9.46. The second-order valence-corrected chi connectivity index (χ2v) is 1.33. The van der Waals surface area contributed by atoms with Gasteiger partial charge >= 0.3 is 5.78 Å². The van der Waals surface area contributed by atoms with E-state index in [2.05, 4.69) is 0 Å². The lowest BCUT2D eigenvalue weighted by molar-refractivity contribution is -0.109. The first-order chi connectivity index (χ1) is 5.22. The minimum absolute atomic E-state index is 0.844. The summed E-state index contributed by atoms with van der Waals surface area (Å²) >= 11 is 0. The highest BCUT2D eigenvalue weighted by Gasteiger charge is 1.86. The van der Waals surface area contributed by atoms with E-state index in [4.69, 9.17) is 15.3 Å². The average Bonchev–Trinajstić information content (AvgIpc) is 2.06. The monoisotopic (exact) mass is 154 g/mol. The first-order valence-electron chi connectivity index (χ1n) is 3.14. The van der Waals surface area contributed by atoms with Crippen molar-refractivity contribution < 1.29 is 9.53 Å². The molecule has 0 amide bonds. The molecule has 0 atom stereocenters. The number of ketones is 1. The average molecular weight is 154 g/mol. The number of ether oxygens (including phenoxy) is 1. The van der Waals surface area contributed by atoms with Gasteiger partial charge in [-0.15, -0.1) is 0 Å². The number of nitrogens with zero attached hydrogens (tertiary/aromatic N) is 2. The van der Waals surface area contributed by atoms with Crippen LogP contribution in [-0.4, -0.2) is 19.0 Å². The zero-order valence-electron chi connectivity index (χ0n) is 6.63. The van der Waals surface area contributed by atoms with E-state index in [-0.39, 0.29) is 0 Å². The molecule has 4 nitrogen and oxygen atoms in total. The third-order valence-corrected chi connectivity index (χ3v) is 0.611. The van der Waals surface area contributed by atoms with Gasteiger partial charge in [0.15, 0.2) is 12.1 Å². The zero-order chi connectivity index (χ0) is 9.11. The molecular formula is C7H10N2O2. The summed E-state index contributed by atoms with van der Waals surface area (Å²) in [5.41, 5.74) is 0. The van der Waals surface area contributed by atoms with Gasteiger partial charge in [-0.2, -0.15) is 10.5 Å². The highest BCUT2D eigenvalue weighted by molar-refractivity contribution is 6.05. The summed E-state index contributed by atoms with van der Waals surface area (Å²) in [4.78, 5) is 9.46. The minimum atomic E-state index is -1.05. The van der Waals surface area contributed by atoms with Crippen molar-refractivity contribution in [3.05, 3.63) is 0 Å². The Hall–Kier alpha value is -1.39. The number of rotatable bonds is 2. The van der Waals surface area contributed by atoms with Crippen molar-refractivity contribution in [2.45, 2.75) is 13.8 Å². The molecule has 0 aliphatic carbocycles. The van der Waals surface area contributed by atoms with E-state index in [1.165, 1.54) is 0 Å². The van der Waals surface area contributed by atoms with Gasteiger partial charge in [-0.3, -0.25) is 4.79 Å². The van der Waals surface area contributed by atoms with Gasteiger partial charge in [-0.1, -0.05) is 0 Å². The third-order valence-electron chi connectivity index (χ3n) is 0.611. The Labute approximate surface area is 66.0 Å². The van der Waals surface area contributed by atoms with Gasteiger partial charge in [-0.25, -0.2) is 0 Å². The van der Waals surface area contributed by atoms with Crippen molar-refractivity contribution in [2.24, 2.45) is 0 Å². The van der Waals surface area contributed by atoms with Gasteiger partial charge in [-0.05, 0) is 13.8 Å². The molecule has 0 heterocycles. The molecular weight excluding hydrogens is 144 g/mol. The topological polar surface area (TPSA) is 73.9 Å². The number of carbonyl (C=O) groups excluding carboxylic acids is 1. The Kier molecular flexibility index (Phi) is 12.8. The summed E-state index contributed by atoms with van der Waals surface area (Å²) in [7, 11) is 0.